The van der Waals surface area contributed by atoms with Gasteiger partial charge in [-0.3, -0.25) is 4.79 Å². The summed E-state index contributed by atoms with van der Waals surface area (Å²) >= 11 is 0. The first-order valence-corrected chi connectivity index (χ1v) is 6.61. The van der Waals surface area contributed by atoms with Crippen molar-refractivity contribution in [2.45, 2.75) is 25.7 Å². The van der Waals surface area contributed by atoms with E-state index in [1.165, 1.54) is 18.2 Å². The number of halogens is 6. The molecule has 0 saturated carbocycles. The van der Waals surface area contributed by atoms with Gasteiger partial charge in [-0.25, -0.2) is 0 Å². The largest absolute Gasteiger partial charge is 0.507 e. The minimum Gasteiger partial charge on any atom is -0.507 e. The highest BCUT2D eigenvalue weighted by atomic mass is 19.4. The molecule has 2 rings (SSSR count). The highest BCUT2D eigenvalue weighted by molar-refractivity contribution is 5.97. The second kappa shape index (κ2) is 5.31. The minimum atomic E-state index is -5.52. The molecule has 1 amide bonds. The van der Waals surface area contributed by atoms with Crippen molar-refractivity contribution in [3.63, 3.8) is 0 Å². The monoisotopic (exact) mass is 341 g/mol. The van der Waals surface area contributed by atoms with E-state index in [1.54, 1.807) is 6.92 Å². The molecule has 0 bridgehead atoms. The molecule has 1 aromatic rings. The van der Waals surface area contributed by atoms with E-state index >= 15 is 0 Å². The molecule has 128 valence electrons. The number of likely N-dealkylation sites (tertiary alicyclic amines) is 1. The van der Waals surface area contributed by atoms with Crippen LogP contribution < -0.4 is 0 Å². The number of aryl methyl sites for hydroxylation is 1. The molecule has 0 radical (unpaired) electrons. The van der Waals surface area contributed by atoms with E-state index in [1.807, 2.05) is 0 Å². The van der Waals surface area contributed by atoms with E-state index in [9.17, 15) is 36.2 Å². The Kier molecular flexibility index (Phi) is 4.02. The van der Waals surface area contributed by atoms with Gasteiger partial charge in [-0.15, -0.1) is 0 Å². The number of alkyl halides is 6. The van der Waals surface area contributed by atoms with Gasteiger partial charge >= 0.3 is 12.4 Å². The van der Waals surface area contributed by atoms with Crippen molar-refractivity contribution in [2.24, 2.45) is 5.41 Å². The Hall–Kier alpha value is -1.93. The van der Waals surface area contributed by atoms with Gasteiger partial charge in [0.1, 0.15) is 5.75 Å². The normalized spacial score (nSPS) is 18.3. The van der Waals surface area contributed by atoms with Crippen molar-refractivity contribution in [1.29, 1.82) is 0 Å². The van der Waals surface area contributed by atoms with Crippen molar-refractivity contribution in [3.8, 4) is 5.75 Å². The van der Waals surface area contributed by atoms with Crippen LogP contribution in [0, 0.1) is 12.3 Å². The standard InChI is InChI=1S/C14H13F6NO2/c1-8-2-3-10(22)9(6-8)11(23)21-5-4-12(7-21,13(15,16)17)14(18,19)20/h2-3,6,22H,4-5,7H2,1H3. The number of nitrogens with zero attached hydrogens (tertiary/aromatic N) is 1. The smallest absolute Gasteiger partial charge is 0.404 e. The lowest BCUT2D eigenvalue weighted by molar-refractivity contribution is -0.334. The van der Waals surface area contributed by atoms with Crippen molar-refractivity contribution >= 4 is 5.91 Å². The van der Waals surface area contributed by atoms with Crippen molar-refractivity contribution < 1.29 is 36.2 Å². The quantitative estimate of drug-likeness (QED) is 0.792. The summed E-state index contributed by atoms with van der Waals surface area (Å²) in [6, 6.07) is 3.85. The molecule has 23 heavy (non-hydrogen) atoms. The lowest BCUT2D eigenvalue weighted by atomic mass is 9.85. The first-order valence-electron chi connectivity index (χ1n) is 6.61. The Morgan fingerprint density at radius 2 is 1.74 bits per heavy atom. The molecule has 9 heteroatoms. The summed E-state index contributed by atoms with van der Waals surface area (Å²) in [7, 11) is 0. The van der Waals surface area contributed by atoms with E-state index in [4.69, 9.17) is 0 Å². The Balaban J connectivity index is 2.35. The van der Waals surface area contributed by atoms with Crippen LogP contribution in [-0.2, 0) is 0 Å². The van der Waals surface area contributed by atoms with Crippen LogP contribution in [0.3, 0.4) is 0 Å². The highest BCUT2D eigenvalue weighted by Crippen LogP contribution is 2.55. The van der Waals surface area contributed by atoms with Crippen molar-refractivity contribution in [2.75, 3.05) is 13.1 Å². The van der Waals surface area contributed by atoms with Crippen LogP contribution in [0.25, 0.3) is 0 Å². The number of hydrogen-bond acceptors (Lipinski definition) is 2. The third kappa shape index (κ3) is 2.84. The van der Waals surface area contributed by atoms with E-state index in [-0.39, 0.29) is 5.56 Å². The summed E-state index contributed by atoms with van der Waals surface area (Å²) in [5, 5.41) is 9.62. The third-order valence-corrected chi connectivity index (χ3v) is 4.02. The van der Waals surface area contributed by atoms with Gasteiger partial charge in [0.2, 0.25) is 0 Å². The molecule has 0 aliphatic carbocycles. The van der Waals surface area contributed by atoms with Gasteiger partial charge in [0.05, 0.1) is 5.56 Å². The van der Waals surface area contributed by atoms with Crippen LogP contribution >= 0.6 is 0 Å². The number of aromatic hydroxyl groups is 1. The molecular formula is C14H13F6NO2. The zero-order valence-corrected chi connectivity index (χ0v) is 11.9. The maximum Gasteiger partial charge on any atom is 0.404 e. The number of hydrogen-bond donors (Lipinski definition) is 1. The SMILES string of the molecule is Cc1ccc(O)c(C(=O)N2CCC(C(F)(F)F)(C(F)(F)F)C2)c1. The molecule has 0 unspecified atom stereocenters. The fraction of sp³-hybridized carbons (Fsp3) is 0.500. The number of phenolic OH excluding ortho intramolecular Hbond substituents is 1. The Labute approximate surface area is 127 Å². The molecule has 1 heterocycles. The van der Waals surface area contributed by atoms with Crippen LogP contribution in [0.4, 0.5) is 26.3 Å². The average Bonchev–Trinajstić information content (AvgIpc) is 2.86. The van der Waals surface area contributed by atoms with E-state index in [0.717, 1.165) is 0 Å². The molecule has 1 aromatic carbocycles. The van der Waals surface area contributed by atoms with Gasteiger partial charge in [0, 0.05) is 13.1 Å². The second-order valence-electron chi connectivity index (χ2n) is 5.57. The Morgan fingerprint density at radius 3 is 2.22 bits per heavy atom. The third-order valence-electron chi connectivity index (χ3n) is 4.02. The van der Waals surface area contributed by atoms with Gasteiger partial charge in [-0.2, -0.15) is 26.3 Å². The molecule has 1 saturated heterocycles. The van der Waals surface area contributed by atoms with Crippen molar-refractivity contribution in [3.05, 3.63) is 29.3 Å². The van der Waals surface area contributed by atoms with E-state index in [0.29, 0.717) is 10.5 Å². The Morgan fingerprint density at radius 1 is 1.17 bits per heavy atom. The molecule has 1 fully saturated rings. The highest BCUT2D eigenvalue weighted by Gasteiger charge is 2.72. The number of carbonyl (C=O) groups is 1. The molecular weight excluding hydrogens is 328 g/mol. The predicted octanol–water partition coefficient (Wildman–Crippen LogP) is 3.66. The lowest BCUT2D eigenvalue weighted by Gasteiger charge is -2.33. The van der Waals surface area contributed by atoms with Gasteiger partial charge in [0.15, 0.2) is 5.41 Å². The maximum absolute atomic E-state index is 13.0. The van der Waals surface area contributed by atoms with Gasteiger partial charge in [0.25, 0.3) is 5.91 Å². The van der Waals surface area contributed by atoms with Gasteiger partial charge in [-0.1, -0.05) is 11.6 Å². The number of carbonyl (C=O) groups excluding carboxylic acids is 1. The Bertz CT molecular complexity index is 609. The summed E-state index contributed by atoms with van der Waals surface area (Å²) in [5.74, 6) is -1.54. The summed E-state index contributed by atoms with van der Waals surface area (Å²) in [6.45, 7) is -0.618. The van der Waals surface area contributed by atoms with Crippen LogP contribution in [0.5, 0.6) is 5.75 Å². The molecule has 0 atom stereocenters. The fourth-order valence-electron chi connectivity index (χ4n) is 2.60. The van der Waals surface area contributed by atoms with Gasteiger partial charge in [-0.05, 0) is 25.5 Å². The number of amides is 1. The first kappa shape index (κ1) is 17.4. The fourth-order valence-corrected chi connectivity index (χ4v) is 2.60. The lowest BCUT2D eigenvalue weighted by Crippen LogP contribution is -2.52. The zero-order chi connectivity index (χ0) is 17.6. The number of rotatable bonds is 1. The van der Waals surface area contributed by atoms with Crippen LogP contribution in [-0.4, -0.2) is 41.4 Å². The predicted molar refractivity (Wildman–Crippen MR) is 67.9 cm³/mol. The number of phenols is 1. The van der Waals surface area contributed by atoms with E-state index < -0.39 is 48.9 Å². The topological polar surface area (TPSA) is 40.5 Å². The van der Waals surface area contributed by atoms with Crippen LogP contribution in [0.1, 0.15) is 22.3 Å². The molecule has 1 aliphatic heterocycles. The van der Waals surface area contributed by atoms with Crippen molar-refractivity contribution in [1.82, 2.24) is 4.90 Å². The summed E-state index contributed by atoms with van der Waals surface area (Å²) in [5.41, 5.74) is -3.71. The number of benzene rings is 1. The molecule has 1 N–H and O–H groups in total. The first-order chi connectivity index (χ1) is 10.4. The van der Waals surface area contributed by atoms with Crippen LogP contribution in [0.2, 0.25) is 0 Å². The molecule has 3 nitrogen and oxygen atoms in total. The summed E-state index contributed by atoms with van der Waals surface area (Å²) in [4.78, 5) is 12.7. The average molecular weight is 341 g/mol. The molecule has 0 aromatic heterocycles. The van der Waals surface area contributed by atoms with Gasteiger partial charge < -0.3 is 10.0 Å². The second-order valence-corrected chi connectivity index (χ2v) is 5.57. The molecule has 0 spiro atoms. The minimum absolute atomic E-state index is 0.315. The van der Waals surface area contributed by atoms with E-state index in [2.05, 4.69) is 0 Å². The zero-order valence-electron chi connectivity index (χ0n) is 11.9. The maximum atomic E-state index is 13.0. The molecule has 1 aliphatic rings. The van der Waals surface area contributed by atoms with Crippen LogP contribution in [0.15, 0.2) is 18.2 Å². The summed E-state index contributed by atoms with van der Waals surface area (Å²) in [6.07, 6.45) is -12.3. The summed E-state index contributed by atoms with van der Waals surface area (Å²) < 4.78 is 77.9.